The Balaban J connectivity index is 0.000000213. The van der Waals surface area contributed by atoms with Crippen LogP contribution in [0.1, 0.15) is 0 Å². The van der Waals surface area contributed by atoms with E-state index in [1.807, 2.05) is 60.7 Å². The van der Waals surface area contributed by atoms with Gasteiger partial charge in [-0.3, -0.25) is 0 Å². The molecule has 0 saturated carbocycles. The topological polar surface area (TPSA) is 0 Å². The van der Waals surface area contributed by atoms with Crippen molar-refractivity contribution in [2.45, 2.75) is 0 Å². The van der Waals surface area contributed by atoms with Gasteiger partial charge in [0.15, 0.2) is 0 Å². The Kier molecular flexibility index (Phi) is 14.9. The van der Waals surface area contributed by atoms with Crippen LogP contribution >= 0.6 is 28.8 Å². The van der Waals surface area contributed by atoms with Crippen LogP contribution in [-0.4, -0.2) is 0 Å². The third-order valence-corrected chi connectivity index (χ3v) is 4.19. The molecule has 0 aliphatic heterocycles. The summed E-state index contributed by atoms with van der Waals surface area (Å²) in [5.41, 5.74) is 0. The van der Waals surface area contributed by atoms with Crippen LogP contribution in [0.4, 0.5) is 0 Å². The molecule has 4 heteroatoms. The fourth-order valence-corrected chi connectivity index (χ4v) is 2.90. The number of benzene rings is 2. The summed E-state index contributed by atoms with van der Waals surface area (Å²) in [5, 5.41) is 2.79. The van der Waals surface area contributed by atoms with E-state index in [9.17, 15) is 0 Å². The molecule has 0 spiro atoms. The first kappa shape index (κ1) is 22.7. The molecule has 26 heavy (non-hydrogen) atoms. The van der Waals surface area contributed by atoms with Crippen LogP contribution in [0.3, 0.4) is 0 Å². The summed E-state index contributed by atoms with van der Waals surface area (Å²) in [6, 6.07) is 41.2. The van der Waals surface area contributed by atoms with Crippen molar-refractivity contribution in [3.05, 3.63) is 121 Å². The van der Waals surface area contributed by atoms with Gasteiger partial charge in [-0.1, -0.05) is 69.2 Å². The zero-order valence-corrected chi connectivity index (χ0v) is 17.8. The maximum absolute atomic E-state index is 4.76. The van der Waals surface area contributed by atoms with Crippen molar-refractivity contribution in [2.75, 3.05) is 0 Å². The zero-order valence-electron chi connectivity index (χ0n) is 14.2. The Hall–Kier alpha value is -1.33. The largest absolute Gasteiger partial charge is 0.214 e. The molecule has 138 valence electrons. The van der Waals surface area contributed by atoms with E-state index in [2.05, 4.69) is 60.7 Å². The molecule has 0 nitrogen and oxygen atoms in total. The maximum atomic E-state index is 4.76. The van der Waals surface area contributed by atoms with Crippen LogP contribution in [-0.2, 0) is 13.1 Å². The second-order valence-electron chi connectivity index (χ2n) is 4.83. The first-order valence-corrected chi connectivity index (χ1v) is 12.0. The molecule has 0 aromatic heterocycles. The van der Waals surface area contributed by atoms with Crippen LogP contribution in [0.15, 0.2) is 121 Å². The van der Waals surface area contributed by atoms with E-state index >= 15 is 0 Å². The summed E-state index contributed by atoms with van der Waals surface area (Å²) in [4.78, 5) is 0. The van der Waals surface area contributed by atoms with E-state index in [-0.39, 0.29) is 13.1 Å². The summed E-state index contributed by atoms with van der Waals surface area (Å²) in [6.45, 7) is 0. The second kappa shape index (κ2) is 17.1. The summed E-state index contributed by atoms with van der Waals surface area (Å²) in [7, 11) is 10.3. The molecule has 0 aliphatic carbocycles. The van der Waals surface area contributed by atoms with Crippen LogP contribution < -0.4 is 10.6 Å². The summed E-state index contributed by atoms with van der Waals surface area (Å²) >= 11 is 0.194. The molecule has 0 bridgehead atoms. The molecule has 0 aliphatic rings. The molecular formula is C22H21Cl2FeP-2. The molecule has 4 aromatic rings. The van der Waals surface area contributed by atoms with Crippen LogP contribution in [0.25, 0.3) is 0 Å². The van der Waals surface area contributed by atoms with Gasteiger partial charge in [-0.15, -0.1) is 0 Å². The Bertz CT molecular complexity index is 613. The summed E-state index contributed by atoms with van der Waals surface area (Å²) < 4.78 is 0. The van der Waals surface area contributed by atoms with Gasteiger partial charge in [0.1, 0.15) is 0 Å². The van der Waals surface area contributed by atoms with E-state index in [1.54, 1.807) is 0 Å². The average molecular weight is 443 g/mol. The van der Waals surface area contributed by atoms with Crippen molar-refractivity contribution in [3.63, 3.8) is 0 Å². The minimum absolute atomic E-state index is 0.194. The number of hydrogen-bond acceptors (Lipinski definition) is 0. The van der Waals surface area contributed by atoms with Crippen LogP contribution in [0.5, 0.6) is 0 Å². The maximum Gasteiger partial charge on any atom is -0.0226 e. The molecule has 0 unspecified atom stereocenters. The molecule has 4 rings (SSSR count). The van der Waals surface area contributed by atoms with Gasteiger partial charge < -0.3 is 0 Å². The molecule has 4 aromatic carbocycles. The van der Waals surface area contributed by atoms with Crippen molar-refractivity contribution in [3.8, 4) is 0 Å². The minimum Gasteiger partial charge on any atom is -0.214 e. The van der Waals surface area contributed by atoms with Gasteiger partial charge in [-0.05, 0) is 10.6 Å². The monoisotopic (exact) mass is 442 g/mol. The van der Waals surface area contributed by atoms with Crippen molar-refractivity contribution in [1.29, 1.82) is 0 Å². The van der Waals surface area contributed by atoms with Gasteiger partial charge in [0.05, 0.1) is 0 Å². The van der Waals surface area contributed by atoms with E-state index in [4.69, 9.17) is 20.2 Å². The molecule has 0 fully saturated rings. The minimum atomic E-state index is 0.194. The fraction of sp³-hybridized carbons (Fsp3) is 0. The number of rotatable bonds is 2. The van der Waals surface area contributed by atoms with Crippen molar-refractivity contribution >= 4 is 39.4 Å². The smallest absolute Gasteiger partial charge is 0.0226 e. The Morgan fingerprint density at radius 3 is 1.08 bits per heavy atom. The zero-order chi connectivity index (χ0) is 18.7. The van der Waals surface area contributed by atoms with Gasteiger partial charge in [-0.25, -0.2) is 24.3 Å². The van der Waals surface area contributed by atoms with E-state index in [1.165, 1.54) is 10.6 Å². The Morgan fingerprint density at radius 1 is 0.538 bits per heavy atom. The summed E-state index contributed by atoms with van der Waals surface area (Å²) in [5.74, 6) is 0. The number of halogens is 2. The summed E-state index contributed by atoms with van der Waals surface area (Å²) in [6.07, 6.45) is 0. The van der Waals surface area contributed by atoms with Crippen LogP contribution in [0, 0.1) is 0 Å². The molecule has 0 heterocycles. The van der Waals surface area contributed by atoms with E-state index < -0.39 is 0 Å². The van der Waals surface area contributed by atoms with Gasteiger partial charge in [0, 0.05) is 0 Å². The van der Waals surface area contributed by atoms with Gasteiger partial charge in [0.25, 0.3) is 0 Å². The SMILES string of the molecule is [Cl][Fe][Cl].c1cc[cH-]c1.c1cc[cH-]c1.c1ccc(Pc2ccccc2)cc1. The third-order valence-electron chi connectivity index (χ3n) is 2.95. The average Bonchev–Trinajstić information content (AvgIpc) is 3.43. The normalized spacial score (nSPS) is 8.85. The molecule has 0 amide bonds. The second-order valence-corrected chi connectivity index (χ2v) is 8.06. The quantitative estimate of drug-likeness (QED) is 0.189. The number of hydrogen-bond donors (Lipinski definition) is 0. The molecule has 0 N–H and O–H groups in total. The predicted octanol–water partition coefficient (Wildman–Crippen LogP) is 6.50. The van der Waals surface area contributed by atoms with Gasteiger partial charge in [0.2, 0.25) is 0 Å². The van der Waals surface area contributed by atoms with Gasteiger partial charge >= 0.3 is 33.3 Å². The predicted molar refractivity (Wildman–Crippen MR) is 116 cm³/mol. The van der Waals surface area contributed by atoms with Gasteiger partial charge in [-0.2, -0.15) is 36.4 Å². The first-order valence-electron chi connectivity index (χ1n) is 7.92. The van der Waals surface area contributed by atoms with Crippen LogP contribution in [0.2, 0.25) is 0 Å². The van der Waals surface area contributed by atoms with E-state index in [0.717, 1.165) is 8.58 Å². The molecular weight excluding hydrogens is 422 g/mol. The first-order chi connectivity index (χ1) is 12.9. The molecule has 0 atom stereocenters. The Morgan fingerprint density at radius 2 is 0.846 bits per heavy atom. The Labute approximate surface area is 173 Å². The van der Waals surface area contributed by atoms with Crippen molar-refractivity contribution in [1.82, 2.24) is 0 Å². The standard InChI is InChI=1S/C12H11P.2C5H5.2ClH.Fe/c1-3-7-11(8-4-1)13-12-9-5-2-6-10-12;2*1-2-4-5-3-1;;;/h1-10,13H;2*1-5H;2*1H;/q;2*-1;;;+2/p-2. The molecule has 0 radical (unpaired) electrons. The third kappa shape index (κ3) is 13.0. The molecule has 0 saturated heterocycles. The fourth-order valence-electron chi connectivity index (χ4n) is 1.85. The van der Waals surface area contributed by atoms with Crippen molar-refractivity contribution < 1.29 is 13.1 Å². The van der Waals surface area contributed by atoms with Crippen molar-refractivity contribution in [2.24, 2.45) is 0 Å². The van der Waals surface area contributed by atoms with E-state index in [0.29, 0.717) is 0 Å².